The summed E-state index contributed by atoms with van der Waals surface area (Å²) in [5.41, 5.74) is 6.27. The molecule has 1 saturated heterocycles. The van der Waals surface area contributed by atoms with Crippen molar-refractivity contribution in [1.29, 1.82) is 0 Å². The summed E-state index contributed by atoms with van der Waals surface area (Å²) in [4.78, 5) is 50.1. The van der Waals surface area contributed by atoms with Crippen LogP contribution in [0.3, 0.4) is 0 Å². The number of carbonyl (C=O) groups excluding carboxylic acids is 3. The highest BCUT2D eigenvalue weighted by atomic mass is 16.6. The van der Waals surface area contributed by atoms with Gasteiger partial charge in [-0.15, -0.1) is 0 Å². The molecule has 1 aliphatic heterocycles. The molecule has 3 amide bonds. The van der Waals surface area contributed by atoms with Gasteiger partial charge < -0.3 is 31.1 Å². The first-order valence-electron chi connectivity index (χ1n) is 10.2. The van der Waals surface area contributed by atoms with E-state index in [4.69, 9.17) is 10.5 Å². The average molecular weight is 434 g/mol. The summed E-state index contributed by atoms with van der Waals surface area (Å²) in [5, 5.41) is 14.3. The van der Waals surface area contributed by atoms with Crippen molar-refractivity contribution in [3.05, 3.63) is 35.9 Å². The largest absolute Gasteiger partial charge is 0.480 e. The number of aliphatic carboxylic acids is 1. The van der Waals surface area contributed by atoms with Crippen molar-refractivity contribution in [2.24, 2.45) is 5.73 Å². The van der Waals surface area contributed by atoms with E-state index < -0.39 is 42.1 Å². The molecule has 10 heteroatoms. The van der Waals surface area contributed by atoms with Crippen molar-refractivity contribution >= 4 is 23.7 Å². The van der Waals surface area contributed by atoms with Crippen LogP contribution in [0.1, 0.15) is 24.8 Å². The quantitative estimate of drug-likeness (QED) is 0.250. The zero-order chi connectivity index (χ0) is 23.0. The number of carboxylic acid groups (broad SMARTS) is 1. The first kappa shape index (κ1) is 24.3. The first-order chi connectivity index (χ1) is 14.7. The van der Waals surface area contributed by atoms with E-state index in [1.807, 2.05) is 30.3 Å². The molecule has 0 saturated carbocycles. The second kappa shape index (κ2) is 11.4. The number of nitrogens with zero attached hydrogens (tertiary/aromatic N) is 1. The van der Waals surface area contributed by atoms with Gasteiger partial charge in [0.25, 0.3) is 11.8 Å². The van der Waals surface area contributed by atoms with Crippen LogP contribution >= 0.6 is 0 Å². The van der Waals surface area contributed by atoms with E-state index in [2.05, 4.69) is 10.6 Å². The highest BCUT2D eigenvalue weighted by Gasteiger charge is 2.51. The molecule has 0 radical (unpaired) electrons. The third kappa shape index (κ3) is 7.34. The van der Waals surface area contributed by atoms with Gasteiger partial charge in [-0.2, -0.15) is 0 Å². The number of ether oxygens (including phenoxy) is 1. The molecule has 0 bridgehead atoms. The maximum absolute atomic E-state index is 12.6. The summed E-state index contributed by atoms with van der Waals surface area (Å²) in [5.74, 6) is -2.71. The maximum atomic E-state index is 12.6. The first-order valence-corrected chi connectivity index (χ1v) is 10.2. The van der Waals surface area contributed by atoms with E-state index >= 15 is 0 Å². The third-order valence-electron chi connectivity index (χ3n) is 4.91. The maximum Gasteiger partial charge on any atom is 0.326 e. The number of unbranched alkanes of at least 4 members (excludes halogenated alkanes) is 1. The van der Waals surface area contributed by atoms with Crippen LogP contribution in [0.4, 0.5) is 0 Å². The normalized spacial score (nSPS) is 19.1. The molecule has 170 valence electrons. The number of benzene rings is 1. The molecule has 0 aromatic heterocycles. The minimum Gasteiger partial charge on any atom is -0.480 e. The van der Waals surface area contributed by atoms with Gasteiger partial charge in [-0.05, 0) is 31.4 Å². The van der Waals surface area contributed by atoms with Gasteiger partial charge in [-0.3, -0.25) is 14.4 Å². The number of hydrogen-bond donors (Lipinski definition) is 4. The predicted molar refractivity (Wildman–Crippen MR) is 112 cm³/mol. The number of amides is 3. The number of nitrogens with one attached hydrogen (secondary N) is 2. The van der Waals surface area contributed by atoms with Crippen molar-refractivity contribution in [2.75, 3.05) is 20.6 Å². The molecule has 5 N–H and O–H groups in total. The van der Waals surface area contributed by atoms with E-state index in [0.717, 1.165) is 5.56 Å². The van der Waals surface area contributed by atoms with E-state index in [1.54, 1.807) is 14.1 Å². The predicted octanol–water partition coefficient (Wildman–Crippen LogP) is -0.732. The summed E-state index contributed by atoms with van der Waals surface area (Å²) in [7, 11) is 3.18. The van der Waals surface area contributed by atoms with E-state index in [-0.39, 0.29) is 18.7 Å². The van der Waals surface area contributed by atoms with Crippen LogP contribution in [-0.4, -0.2) is 78.6 Å². The van der Waals surface area contributed by atoms with Gasteiger partial charge >= 0.3 is 5.97 Å². The Bertz CT molecular complexity index is 785. The minimum atomic E-state index is -1.16. The zero-order valence-corrected chi connectivity index (χ0v) is 17.7. The van der Waals surface area contributed by atoms with Gasteiger partial charge in [-0.1, -0.05) is 30.3 Å². The van der Waals surface area contributed by atoms with Crippen LogP contribution in [-0.2, 0) is 30.3 Å². The molecule has 4 atom stereocenters. The minimum absolute atomic E-state index is 0.234. The van der Waals surface area contributed by atoms with E-state index in [9.17, 15) is 24.3 Å². The Hall–Kier alpha value is -2.98. The van der Waals surface area contributed by atoms with E-state index in [1.165, 1.54) is 4.90 Å². The van der Waals surface area contributed by atoms with Crippen molar-refractivity contribution in [1.82, 2.24) is 15.5 Å². The zero-order valence-electron chi connectivity index (χ0n) is 17.7. The van der Waals surface area contributed by atoms with Crippen LogP contribution in [0.5, 0.6) is 0 Å². The fourth-order valence-electron chi connectivity index (χ4n) is 3.13. The van der Waals surface area contributed by atoms with Gasteiger partial charge in [0.2, 0.25) is 5.91 Å². The monoisotopic (exact) mass is 434 g/mol. The highest BCUT2D eigenvalue weighted by molar-refractivity contribution is 5.98. The lowest BCUT2D eigenvalue weighted by molar-refractivity contribution is -0.142. The molecule has 1 heterocycles. The van der Waals surface area contributed by atoms with Crippen LogP contribution in [0.25, 0.3) is 0 Å². The number of likely N-dealkylation sites (N-methyl/N-ethyl adjacent to an activating group) is 1. The molecule has 1 aromatic carbocycles. The smallest absolute Gasteiger partial charge is 0.326 e. The molecule has 31 heavy (non-hydrogen) atoms. The number of rotatable bonds is 12. The van der Waals surface area contributed by atoms with Gasteiger partial charge in [0.15, 0.2) is 12.2 Å². The second-order valence-corrected chi connectivity index (χ2v) is 7.64. The summed E-state index contributed by atoms with van der Waals surface area (Å²) < 4.78 is 5.18. The van der Waals surface area contributed by atoms with Gasteiger partial charge in [0.05, 0.1) is 0 Å². The summed E-state index contributed by atoms with van der Waals surface area (Å²) >= 11 is 0. The highest BCUT2D eigenvalue weighted by Crippen LogP contribution is 2.23. The van der Waals surface area contributed by atoms with Crippen molar-refractivity contribution in [2.45, 2.75) is 50.0 Å². The summed E-state index contributed by atoms with van der Waals surface area (Å²) in [6, 6.07) is 7.34. The Kier molecular flexibility index (Phi) is 8.95. The fraction of sp³-hybridized carbons (Fsp3) is 0.524. The van der Waals surface area contributed by atoms with Gasteiger partial charge in [-0.25, -0.2) is 4.79 Å². The summed E-state index contributed by atoms with van der Waals surface area (Å²) in [6.45, 7) is 0.435. The van der Waals surface area contributed by atoms with Gasteiger partial charge in [0.1, 0.15) is 12.1 Å². The van der Waals surface area contributed by atoms with Gasteiger partial charge in [0, 0.05) is 20.5 Å². The molecule has 0 spiro atoms. The molecule has 0 aliphatic carbocycles. The molecule has 1 aromatic rings. The number of nitrogens with two attached hydrogens (primary N) is 1. The molecule has 1 aliphatic rings. The molecule has 2 rings (SSSR count). The lowest BCUT2D eigenvalue weighted by Crippen LogP contribution is -2.49. The lowest BCUT2D eigenvalue weighted by atomic mass is 10.0. The third-order valence-corrected chi connectivity index (χ3v) is 4.91. The lowest BCUT2D eigenvalue weighted by Gasteiger charge is -2.21. The Labute approximate surface area is 181 Å². The van der Waals surface area contributed by atoms with Crippen molar-refractivity contribution in [3.8, 4) is 0 Å². The summed E-state index contributed by atoms with van der Waals surface area (Å²) in [6.07, 6.45) is -0.423. The molecular weight excluding hydrogens is 404 g/mol. The Balaban J connectivity index is 1.93. The number of carbonyl (C=O) groups is 4. The van der Waals surface area contributed by atoms with Crippen molar-refractivity contribution in [3.63, 3.8) is 0 Å². The SMILES string of the molecule is CN(C)C(=O)[C@H](Cc1ccccc1)NC(=O)C1OC1C(=O)N[C@@H](CCCCN)C(=O)O. The average Bonchev–Trinajstić information content (AvgIpc) is 3.53. The fourth-order valence-corrected chi connectivity index (χ4v) is 3.13. The number of hydrogen-bond acceptors (Lipinski definition) is 6. The molecule has 1 fully saturated rings. The topological polar surface area (TPSA) is 154 Å². The number of epoxide rings is 1. The molecule has 10 nitrogen and oxygen atoms in total. The van der Waals surface area contributed by atoms with Crippen LogP contribution < -0.4 is 16.4 Å². The Morgan fingerprint density at radius 1 is 1.03 bits per heavy atom. The second-order valence-electron chi connectivity index (χ2n) is 7.64. The molecular formula is C21H30N4O6. The van der Waals surface area contributed by atoms with Crippen LogP contribution in [0.15, 0.2) is 30.3 Å². The Morgan fingerprint density at radius 3 is 2.13 bits per heavy atom. The molecule has 2 unspecified atom stereocenters. The van der Waals surface area contributed by atoms with Crippen molar-refractivity contribution < 1.29 is 29.0 Å². The van der Waals surface area contributed by atoms with Crippen LogP contribution in [0, 0.1) is 0 Å². The van der Waals surface area contributed by atoms with E-state index in [0.29, 0.717) is 19.4 Å². The Morgan fingerprint density at radius 2 is 1.61 bits per heavy atom. The standard InChI is InChI=1S/C21H30N4O6/c1-25(2)20(28)15(12-13-8-4-3-5-9-13)24-19(27)17-16(31-17)18(26)23-14(21(29)30)10-6-7-11-22/h3-5,8-9,14-17H,6-7,10-12,22H2,1-2H3,(H,23,26)(H,24,27)(H,29,30)/t14-,15-,16?,17?/m0/s1. The number of carboxylic acids is 1. The van der Waals surface area contributed by atoms with Crippen LogP contribution in [0.2, 0.25) is 0 Å².